The molecule has 1 aromatic carbocycles. The Hall–Kier alpha value is -1.44. The van der Waals surface area contributed by atoms with Crippen LogP contribution in [0.25, 0.3) is 11.3 Å². The molecule has 111 valence electrons. The SMILES string of the molecule is CC#CCOc1ccc(-c2[c-]cc(C)c(=O)n2C)c(F)c1.[Y]. The van der Waals surface area contributed by atoms with E-state index in [4.69, 9.17) is 4.74 Å². The maximum atomic E-state index is 14.2. The van der Waals surface area contributed by atoms with Gasteiger partial charge in [0.05, 0.1) is 5.82 Å². The van der Waals surface area contributed by atoms with Crippen LogP contribution in [0, 0.1) is 30.6 Å². The number of benzene rings is 1. The van der Waals surface area contributed by atoms with Gasteiger partial charge in [-0.05, 0) is 13.0 Å². The first-order valence-electron chi connectivity index (χ1n) is 6.45. The fourth-order valence-electron chi connectivity index (χ4n) is 1.93. The summed E-state index contributed by atoms with van der Waals surface area (Å²) < 4.78 is 20.9. The van der Waals surface area contributed by atoms with Gasteiger partial charge in [-0.1, -0.05) is 29.7 Å². The van der Waals surface area contributed by atoms with Crippen molar-refractivity contribution in [1.29, 1.82) is 0 Å². The Bertz CT molecular complexity index is 787. The third-order valence-corrected chi connectivity index (χ3v) is 3.09. The van der Waals surface area contributed by atoms with E-state index in [-0.39, 0.29) is 44.9 Å². The normalized spacial score (nSPS) is 9.45. The van der Waals surface area contributed by atoms with Gasteiger partial charge in [0.2, 0.25) is 0 Å². The molecule has 0 unspecified atom stereocenters. The zero-order chi connectivity index (χ0) is 15.4. The van der Waals surface area contributed by atoms with Gasteiger partial charge < -0.3 is 9.30 Å². The zero-order valence-corrected chi connectivity index (χ0v) is 15.6. The van der Waals surface area contributed by atoms with Crippen LogP contribution in [0.4, 0.5) is 4.39 Å². The maximum absolute atomic E-state index is 14.2. The molecule has 2 rings (SSSR count). The van der Waals surface area contributed by atoms with Gasteiger partial charge in [0.15, 0.2) is 5.56 Å². The number of halogens is 1. The molecular weight excluding hydrogens is 358 g/mol. The van der Waals surface area contributed by atoms with Crippen molar-refractivity contribution in [2.75, 3.05) is 6.61 Å². The molecule has 3 nitrogen and oxygen atoms in total. The molecule has 0 saturated heterocycles. The Morgan fingerprint density at radius 2 is 2.14 bits per heavy atom. The number of aryl methyl sites for hydroxylation is 1. The molecule has 0 N–H and O–H groups in total. The second kappa shape index (κ2) is 8.26. The number of aromatic nitrogens is 1. The van der Waals surface area contributed by atoms with E-state index in [0.29, 0.717) is 22.6 Å². The Morgan fingerprint density at radius 1 is 1.41 bits per heavy atom. The molecule has 1 aromatic heterocycles. The minimum absolute atomic E-state index is 0. The van der Waals surface area contributed by atoms with Crippen molar-refractivity contribution in [2.45, 2.75) is 13.8 Å². The Kier molecular flexibility index (Phi) is 6.99. The number of nitrogens with zero attached hydrogens (tertiary/aromatic N) is 1. The van der Waals surface area contributed by atoms with Crippen LogP contribution in [-0.4, -0.2) is 11.2 Å². The van der Waals surface area contributed by atoms with Gasteiger partial charge in [-0.2, -0.15) is 12.1 Å². The number of pyridine rings is 1. The Morgan fingerprint density at radius 3 is 2.77 bits per heavy atom. The van der Waals surface area contributed by atoms with E-state index < -0.39 is 5.82 Å². The summed E-state index contributed by atoms with van der Waals surface area (Å²) in [6.07, 6.45) is 0. The molecule has 0 amide bonds. The molecule has 0 spiro atoms. The molecule has 1 heterocycles. The first kappa shape index (κ1) is 18.6. The van der Waals surface area contributed by atoms with E-state index >= 15 is 0 Å². The summed E-state index contributed by atoms with van der Waals surface area (Å²) in [6.45, 7) is 3.62. The van der Waals surface area contributed by atoms with E-state index in [0.717, 1.165) is 0 Å². The van der Waals surface area contributed by atoms with E-state index in [1.54, 1.807) is 39.1 Å². The van der Waals surface area contributed by atoms with Gasteiger partial charge in [-0.3, -0.25) is 4.79 Å². The van der Waals surface area contributed by atoms with Crippen LogP contribution in [0.2, 0.25) is 0 Å². The molecule has 5 heteroatoms. The molecule has 0 saturated carbocycles. The third kappa shape index (κ3) is 4.06. The fraction of sp³-hybridized carbons (Fsp3) is 0.235. The number of hydrogen-bond acceptors (Lipinski definition) is 2. The summed E-state index contributed by atoms with van der Waals surface area (Å²) >= 11 is 0. The van der Waals surface area contributed by atoms with Crippen molar-refractivity contribution in [3.63, 3.8) is 0 Å². The minimum Gasteiger partial charge on any atom is -0.481 e. The standard InChI is InChI=1S/C17H15FNO2.Y/c1-4-5-10-21-13-7-8-14(15(18)11-13)16-9-6-12(2)17(20)19(16)3;/h6-8,11H,10H2,1-3H3;/q-1;. The molecule has 0 aliphatic heterocycles. The summed E-state index contributed by atoms with van der Waals surface area (Å²) in [6, 6.07) is 9.01. The molecular formula is C17H15FNO2Y-. The van der Waals surface area contributed by atoms with E-state index in [2.05, 4.69) is 17.9 Å². The van der Waals surface area contributed by atoms with Crippen molar-refractivity contribution in [3.8, 4) is 28.8 Å². The Balaban J connectivity index is 0.00000242. The predicted molar refractivity (Wildman–Crippen MR) is 79.6 cm³/mol. The largest absolute Gasteiger partial charge is 0.481 e. The average molecular weight is 373 g/mol. The molecule has 0 bridgehead atoms. The first-order chi connectivity index (χ1) is 10.0. The molecule has 0 atom stereocenters. The van der Waals surface area contributed by atoms with Gasteiger partial charge in [-0.15, -0.1) is 12.0 Å². The Labute approximate surface area is 154 Å². The summed E-state index contributed by atoms with van der Waals surface area (Å²) in [5.41, 5.74) is 1.12. The first-order valence-corrected chi connectivity index (χ1v) is 6.45. The van der Waals surface area contributed by atoms with E-state index in [1.807, 2.05) is 0 Å². The molecule has 0 aliphatic rings. The van der Waals surface area contributed by atoms with E-state index in [9.17, 15) is 9.18 Å². The molecule has 0 fully saturated rings. The summed E-state index contributed by atoms with van der Waals surface area (Å²) in [5, 5.41) is 0. The minimum atomic E-state index is -0.466. The fourth-order valence-corrected chi connectivity index (χ4v) is 1.93. The van der Waals surface area contributed by atoms with Gasteiger partial charge in [0, 0.05) is 45.8 Å². The molecule has 2 aromatic rings. The van der Waals surface area contributed by atoms with Gasteiger partial charge in [0.25, 0.3) is 0 Å². The topological polar surface area (TPSA) is 31.2 Å². The quantitative estimate of drug-likeness (QED) is 0.612. The number of rotatable bonds is 3. The van der Waals surface area contributed by atoms with Crippen molar-refractivity contribution in [3.05, 3.63) is 52.1 Å². The number of ether oxygens (including phenoxy) is 1. The zero-order valence-electron chi connectivity index (χ0n) is 12.7. The van der Waals surface area contributed by atoms with Crippen molar-refractivity contribution < 1.29 is 41.8 Å². The molecule has 1 radical (unpaired) electrons. The van der Waals surface area contributed by atoms with Crippen molar-refractivity contribution >= 4 is 0 Å². The van der Waals surface area contributed by atoms with Crippen LogP contribution in [0.15, 0.2) is 29.1 Å². The smallest absolute Gasteiger partial charge is 0.197 e. The number of hydrogen-bond donors (Lipinski definition) is 0. The van der Waals surface area contributed by atoms with Crippen LogP contribution in [0.3, 0.4) is 0 Å². The van der Waals surface area contributed by atoms with Crippen LogP contribution >= 0.6 is 0 Å². The summed E-state index contributed by atoms with van der Waals surface area (Å²) in [5.74, 6) is 5.37. The van der Waals surface area contributed by atoms with Crippen LogP contribution in [-0.2, 0) is 39.8 Å². The van der Waals surface area contributed by atoms with Crippen LogP contribution < -0.4 is 10.3 Å². The van der Waals surface area contributed by atoms with Gasteiger partial charge in [-0.25, -0.2) is 4.39 Å². The third-order valence-electron chi connectivity index (χ3n) is 3.09. The van der Waals surface area contributed by atoms with Crippen LogP contribution in [0.5, 0.6) is 5.75 Å². The van der Waals surface area contributed by atoms with Crippen molar-refractivity contribution in [1.82, 2.24) is 4.57 Å². The molecule has 0 aliphatic carbocycles. The van der Waals surface area contributed by atoms with Crippen molar-refractivity contribution in [2.24, 2.45) is 7.05 Å². The van der Waals surface area contributed by atoms with Gasteiger partial charge >= 0.3 is 0 Å². The van der Waals surface area contributed by atoms with Gasteiger partial charge in [0.1, 0.15) is 12.4 Å². The summed E-state index contributed by atoms with van der Waals surface area (Å²) in [7, 11) is 1.60. The molecule has 22 heavy (non-hydrogen) atoms. The maximum Gasteiger partial charge on any atom is 0.197 e. The average Bonchev–Trinajstić information content (AvgIpc) is 2.46. The summed E-state index contributed by atoms with van der Waals surface area (Å²) in [4.78, 5) is 11.9. The monoisotopic (exact) mass is 373 g/mol. The van der Waals surface area contributed by atoms with E-state index in [1.165, 1.54) is 10.6 Å². The second-order valence-corrected chi connectivity index (χ2v) is 4.54. The second-order valence-electron chi connectivity index (χ2n) is 4.54. The predicted octanol–water partition coefficient (Wildman–Crippen LogP) is 2.70. The van der Waals surface area contributed by atoms with Crippen LogP contribution in [0.1, 0.15) is 12.5 Å².